The van der Waals surface area contributed by atoms with Crippen molar-refractivity contribution in [2.24, 2.45) is 0 Å². The number of rotatable bonds is 5. The third-order valence-corrected chi connectivity index (χ3v) is 3.03. The number of carbonyl (C=O) groups is 1. The van der Waals surface area contributed by atoms with Crippen LogP contribution in [0.15, 0.2) is 18.2 Å². The third-order valence-electron chi connectivity index (χ3n) is 3.03. The van der Waals surface area contributed by atoms with Crippen molar-refractivity contribution < 1.29 is 9.18 Å². The standard InChI is InChI=1S/C14H21FN2O/c1-4-17(5-2)14(18)16-9-8-12-6-7-13(15)10-11(12)3/h6-7,10H,4-5,8-9H2,1-3H3,(H,16,18). The molecule has 1 aromatic carbocycles. The molecule has 0 radical (unpaired) electrons. The summed E-state index contributed by atoms with van der Waals surface area (Å²) in [7, 11) is 0. The number of urea groups is 1. The van der Waals surface area contributed by atoms with E-state index in [0.717, 1.165) is 17.5 Å². The average molecular weight is 252 g/mol. The Hall–Kier alpha value is -1.58. The number of halogens is 1. The van der Waals surface area contributed by atoms with E-state index in [1.807, 2.05) is 20.8 Å². The van der Waals surface area contributed by atoms with Crippen LogP contribution in [0.3, 0.4) is 0 Å². The van der Waals surface area contributed by atoms with Crippen molar-refractivity contribution in [2.75, 3.05) is 19.6 Å². The maximum absolute atomic E-state index is 12.9. The molecule has 4 heteroatoms. The van der Waals surface area contributed by atoms with Crippen LogP contribution in [-0.2, 0) is 6.42 Å². The van der Waals surface area contributed by atoms with Crippen molar-refractivity contribution >= 4 is 6.03 Å². The van der Waals surface area contributed by atoms with Crippen LogP contribution < -0.4 is 5.32 Å². The Morgan fingerprint density at radius 2 is 2.00 bits per heavy atom. The van der Waals surface area contributed by atoms with E-state index >= 15 is 0 Å². The van der Waals surface area contributed by atoms with Gasteiger partial charge < -0.3 is 10.2 Å². The van der Waals surface area contributed by atoms with Crippen molar-refractivity contribution in [3.63, 3.8) is 0 Å². The molecule has 0 aliphatic rings. The van der Waals surface area contributed by atoms with Crippen LogP contribution in [0.5, 0.6) is 0 Å². The van der Waals surface area contributed by atoms with Crippen molar-refractivity contribution in [1.82, 2.24) is 10.2 Å². The number of nitrogens with zero attached hydrogens (tertiary/aromatic N) is 1. The molecule has 0 spiro atoms. The second kappa shape index (κ2) is 6.99. The minimum absolute atomic E-state index is 0.0419. The Morgan fingerprint density at radius 1 is 1.33 bits per heavy atom. The lowest BCUT2D eigenvalue weighted by atomic mass is 10.1. The van der Waals surface area contributed by atoms with Gasteiger partial charge in [0, 0.05) is 19.6 Å². The summed E-state index contributed by atoms with van der Waals surface area (Å²) in [6.07, 6.45) is 0.721. The van der Waals surface area contributed by atoms with Gasteiger partial charge in [-0.15, -0.1) is 0 Å². The van der Waals surface area contributed by atoms with Gasteiger partial charge >= 0.3 is 6.03 Å². The van der Waals surface area contributed by atoms with Crippen LogP contribution in [0.4, 0.5) is 9.18 Å². The van der Waals surface area contributed by atoms with Gasteiger partial charge in [0.2, 0.25) is 0 Å². The highest BCUT2D eigenvalue weighted by Crippen LogP contribution is 2.10. The van der Waals surface area contributed by atoms with E-state index in [0.29, 0.717) is 19.6 Å². The summed E-state index contributed by atoms with van der Waals surface area (Å²) in [6, 6.07) is 4.70. The van der Waals surface area contributed by atoms with Crippen molar-refractivity contribution in [3.05, 3.63) is 35.1 Å². The molecule has 0 bridgehead atoms. The van der Waals surface area contributed by atoms with Gasteiger partial charge in [0.1, 0.15) is 5.82 Å². The van der Waals surface area contributed by atoms with Gasteiger partial charge in [-0.3, -0.25) is 0 Å². The van der Waals surface area contributed by atoms with Crippen LogP contribution in [-0.4, -0.2) is 30.6 Å². The number of nitrogens with one attached hydrogen (secondary N) is 1. The smallest absolute Gasteiger partial charge is 0.317 e. The highest BCUT2D eigenvalue weighted by Gasteiger charge is 2.08. The van der Waals surface area contributed by atoms with Crippen LogP contribution in [0.25, 0.3) is 0 Å². The highest BCUT2D eigenvalue weighted by atomic mass is 19.1. The lowest BCUT2D eigenvalue weighted by Gasteiger charge is -2.19. The first kappa shape index (κ1) is 14.5. The Kier molecular flexibility index (Phi) is 5.62. The molecule has 2 amide bonds. The molecule has 0 aliphatic carbocycles. The van der Waals surface area contributed by atoms with Crippen LogP contribution >= 0.6 is 0 Å². The molecule has 0 fully saturated rings. The summed E-state index contributed by atoms with van der Waals surface area (Å²) in [4.78, 5) is 13.4. The zero-order valence-electron chi connectivity index (χ0n) is 11.3. The maximum atomic E-state index is 12.9. The topological polar surface area (TPSA) is 32.3 Å². The molecule has 0 aliphatic heterocycles. The van der Waals surface area contributed by atoms with E-state index in [1.54, 1.807) is 11.0 Å². The number of benzene rings is 1. The summed E-state index contributed by atoms with van der Waals surface area (Å²) < 4.78 is 12.9. The normalized spacial score (nSPS) is 10.2. The van der Waals surface area contributed by atoms with Gasteiger partial charge in [0.15, 0.2) is 0 Å². The van der Waals surface area contributed by atoms with E-state index in [-0.39, 0.29) is 11.8 Å². The molecule has 0 unspecified atom stereocenters. The fourth-order valence-electron chi connectivity index (χ4n) is 1.87. The molecular weight excluding hydrogens is 231 g/mol. The zero-order chi connectivity index (χ0) is 13.5. The number of hydrogen-bond donors (Lipinski definition) is 1. The third kappa shape index (κ3) is 4.02. The number of carbonyl (C=O) groups excluding carboxylic acids is 1. The molecule has 0 saturated carbocycles. The van der Waals surface area contributed by atoms with E-state index in [9.17, 15) is 9.18 Å². The van der Waals surface area contributed by atoms with Crippen molar-refractivity contribution in [3.8, 4) is 0 Å². The fraction of sp³-hybridized carbons (Fsp3) is 0.500. The molecule has 100 valence electrons. The van der Waals surface area contributed by atoms with Gasteiger partial charge in [-0.2, -0.15) is 0 Å². The fourth-order valence-corrected chi connectivity index (χ4v) is 1.87. The summed E-state index contributed by atoms with van der Waals surface area (Å²) in [5.74, 6) is -0.219. The van der Waals surface area contributed by atoms with Gasteiger partial charge in [-0.05, 0) is 50.5 Å². The Bertz CT molecular complexity index is 403. The van der Waals surface area contributed by atoms with Gasteiger partial charge in [0.25, 0.3) is 0 Å². The molecular formula is C14H21FN2O. The minimum Gasteiger partial charge on any atom is -0.338 e. The lowest BCUT2D eigenvalue weighted by Crippen LogP contribution is -2.40. The van der Waals surface area contributed by atoms with Crippen LogP contribution in [0.1, 0.15) is 25.0 Å². The first-order valence-corrected chi connectivity index (χ1v) is 6.36. The second-order valence-electron chi connectivity index (χ2n) is 4.23. The first-order valence-electron chi connectivity index (χ1n) is 6.36. The number of amides is 2. The van der Waals surface area contributed by atoms with Gasteiger partial charge in [-0.1, -0.05) is 6.07 Å². The quantitative estimate of drug-likeness (QED) is 0.858. The van der Waals surface area contributed by atoms with E-state index < -0.39 is 0 Å². The predicted octanol–water partition coefficient (Wildman–Crippen LogP) is 2.73. The highest BCUT2D eigenvalue weighted by molar-refractivity contribution is 5.74. The molecule has 3 nitrogen and oxygen atoms in total. The molecule has 0 aromatic heterocycles. The van der Waals surface area contributed by atoms with Crippen LogP contribution in [0.2, 0.25) is 0 Å². The number of aryl methyl sites for hydroxylation is 1. The van der Waals surface area contributed by atoms with Crippen molar-refractivity contribution in [2.45, 2.75) is 27.2 Å². The largest absolute Gasteiger partial charge is 0.338 e. The summed E-state index contributed by atoms with van der Waals surface area (Å²) >= 11 is 0. The minimum atomic E-state index is -0.219. The van der Waals surface area contributed by atoms with E-state index in [1.165, 1.54) is 12.1 Å². The molecule has 0 saturated heterocycles. The molecule has 18 heavy (non-hydrogen) atoms. The van der Waals surface area contributed by atoms with Gasteiger partial charge in [-0.25, -0.2) is 9.18 Å². The first-order chi connectivity index (χ1) is 8.58. The van der Waals surface area contributed by atoms with E-state index in [2.05, 4.69) is 5.32 Å². The Balaban J connectivity index is 2.44. The summed E-state index contributed by atoms with van der Waals surface area (Å²) in [5.41, 5.74) is 1.99. The molecule has 1 aromatic rings. The Morgan fingerprint density at radius 3 is 2.56 bits per heavy atom. The van der Waals surface area contributed by atoms with Crippen molar-refractivity contribution in [1.29, 1.82) is 0 Å². The van der Waals surface area contributed by atoms with Gasteiger partial charge in [0.05, 0.1) is 0 Å². The van der Waals surface area contributed by atoms with Crippen LogP contribution in [0, 0.1) is 12.7 Å². The predicted molar refractivity (Wildman–Crippen MR) is 71.2 cm³/mol. The molecule has 1 N–H and O–H groups in total. The summed E-state index contributed by atoms with van der Waals surface area (Å²) in [5, 5.41) is 2.87. The Labute approximate surface area is 108 Å². The number of hydrogen-bond acceptors (Lipinski definition) is 1. The lowest BCUT2D eigenvalue weighted by molar-refractivity contribution is 0.203. The molecule has 0 atom stereocenters. The monoisotopic (exact) mass is 252 g/mol. The zero-order valence-corrected chi connectivity index (χ0v) is 11.3. The van der Waals surface area contributed by atoms with E-state index in [4.69, 9.17) is 0 Å². The maximum Gasteiger partial charge on any atom is 0.317 e. The average Bonchev–Trinajstić information content (AvgIpc) is 2.33. The second-order valence-corrected chi connectivity index (χ2v) is 4.23. The molecule has 1 rings (SSSR count). The SMILES string of the molecule is CCN(CC)C(=O)NCCc1ccc(F)cc1C. The molecule has 0 heterocycles. The summed E-state index contributed by atoms with van der Waals surface area (Å²) in [6.45, 7) is 7.77.